The summed E-state index contributed by atoms with van der Waals surface area (Å²) in [6, 6.07) is 46.4. The van der Waals surface area contributed by atoms with E-state index in [0.29, 0.717) is 23.0 Å². The quantitative estimate of drug-likeness (QED) is 0.247. The Hall–Kier alpha value is -5.40. The van der Waals surface area contributed by atoms with Crippen molar-refractivity contribution in [2.45, 2.75) is 0 Å². The van der Waals surface area contributed by atoms with E-state index in [1.54, 1.807) is 6.07 Å². The molecule has 4 nitrogen and oxygen atoms in total. The van der Waals surface area contributed by atoms with Gasteiger partial charge in [-0.2, -0.15) is 5.26 Å². The van der Waals surface area contributed by atoms with Crippen LogP contribution in [0.15, 0.2) is 133 Å². The summed E-state index contributed by atoms with van der Waals surface area (Å²) >= 11 is 0. The molecule has 0 radical (unpaired) electrons. The van der Waals surface area contributed by atoms with Crippen molar-refractivity contribution in [1.82, 2.24) is 15.0 Å². The summed E-state index contributed by atoms with van der Waals surface area (Å²) in [5.41, 5.74) is 7.40. The number of benzene rings is 5. The number of nitriles is 1. The van der Waals surface area contributed by atoms with Crippen LogP contribution in [0, 0.1) is 11.3 Å². The van der Waals surface area contributed by atoms with Gasteiger partial charge in [-0.1, -0.05) is 121 Å². The molecule has 5 aromatic carbocycles. The fourth-order valence-electron chi connectivity index (χ4n) is 4.57. The molecule has 0 unspecified atom stereocenters. The lowest BCUT2D eigenvalue weighted by atomic mass is 9.98. The molecule has 0 amide bonds. The molecule has 0 N–H and O–H groups in total. The van der Waals surface area contributed by atoms with Crippen molar-refractivity contribution in [1.29, 1.82) is 5.26 Å². The van der Waals surface area contributed by atoms with E-state index in [1.165, 1.54) is 0 Å². The molecular weight excluding hydrogens is 464 g/mol. The minimum absolute atomic E-state index is 0.521. The number of aromatic nitrogens is 3. The molecule has 0 atom stereocenters. The largest absolute Gasteiger partial charge is 0.208 e. The molecule has 0 fully saturated rings. The lowest BCUT2D eigenvalue weighted by Gasteiger charge is -2.14. The predicted octanol–water partition coefficient (Wildman–Crippen LogP) is 8.08. The zero-order valence-electron chi connectivity index (χ0n) is 20.5. The Morgan fingerprint density at radius 1 is 0.395 bits per heavy atom. The van der Waals surface area contributed by atoms with Crippen molar-refractivity contribution >= 4 is 0 Å². The molecule has 0 aliphatic carbocycles. The summed E-state index contributed by atoms with van der Waals surface area (Å²) in [7, 11) is 0. The molecule has 1 aromatic heterocycles. The van der Waals surface area contributed by atoms with E-state index >= 15 is 0 Å². The molecule has 0 spiro atoms. The molecule has 0 bridgehead atoms. The van der Waals surface area contributed by atoms with E-state index in [4.69, 9.17) is 15.0 Å². The van der Waals surface area contributed by atoms with Gasteiger partial charge in [0, 0.05) is 16.7 Å². The van der Waals surface area contributed by atoms with E-state index in [0.717, 1.165) is 38.9 Å². The van der Waals surface area contributed by atoms with Gasteiger partial charge in [0.1, 0.15) is 0 Å². The number of hydrogen-bond acceptors (Lipinski definition) is 4. The van der Waals surface area contributed by atoms with Gasteiger partial charge < -0.3 is 0 Å². The lowest BCUT2D eigenvalue weighted by molar-refractivity contribution is 1.07. The summed E-state index contributed by atoms with van der Waals surface area (Å²) in [5, 5.41) is 9.50. The Morgan fingerprint density at radius 3 is 1.32 bits per heavy atom. The monoisotopic (exact) mass is 486 g/mol. The van der Waals surface area contributed by atoms with Gasteiger partial charge in [-0.15, -0.1) is 0 Å². The molecule has 6 aromatic rings. The first-order valence-corrected chi connectivity index (χ1v) is 12.4. The maximum absolute atomic E-state index is 9.50. The molecule has 38 heavy (non-hydrogen) atoms. The standard InChI is InChI=1S/C34H22N4/c35-23-24-12-11-17-27(22-24)32-36-33(30-20-9-7-18-28(30)25-13-3-1-4-14-25)38-34(37-32)31-21-10-8-19-29(31)26-15-5-2-6-16-26/h1-22H. The van der Waals surface area contributed by atoms with Crippen molar-refractivity contribution in [3.63, 3.8) is 0 Å². The molecule has 0 saturated heterocycles. The number of rotatable bonds is 5. The second-order valence-electron chi connectivity index (χ2n) is 8.82. The van der Waals surface area contributed by atoms with E-state index in [2.05, 4.69) is 42.5 Å². The van der Waals surface area contributed by atoms with Crippen LogP contribution in [0.4, 0.5) is 0 Å². The molecule has 0 saturated carbocycles. The molecule has 6 rings (SSSR count). The van der Waals surface area contributed by atoms with Crippen molar-refractivity contribution in [3.05, 3.63) is 139 Å². The minimum Gasteiger partial charge on any atom is -0.208 e. The van der Waals surface area contributed by atoms with E-state index in [-0.39, 0.29) is 0 Å². The molecule has 0 aliphatic rings. The SMILES string of the molecule is N#Cc1cccc(-c2nc(-c3ccccc3-c3ccccc3)nc(-c3ccccc3-c3ccccc3)n2)c1. The van der Waals surface area contributed by atoms with Gasteiger partial charge in [0.15, 0.2) is 17.5 Å². The smallest absolute Gasteiger partial charge is 0.164 e. The first kappa shape index (κ1) is 23.0. The van der Waals surface area contributed by atoms with Crippen molar-refractivity contribution < 1.29 is 0 Å². The summed E-state index contributed by atoms with van der Waals surface area (Å²) in [4.78, 5) is 14.9. The topological polar surface area (TPSA) is 62.5 Å². The molecule has 4 heteroatoms. The summed E-state index contributed by atoms with van der Waals surface area (Å²) in [5.74, 6) is 1.68. The number of nitrogens with zero attached hydrogens (tertiary/aromatic N) is 4. The van der Waals surface area contributed by atoms with Crippen LogP contribution in [0.3, 0.4) is 0 Å². The fourth-order valence-corrected chi connectivity index (χ4v) is 4.57. The lowest BCUT2D eigenvalue weighted by Crippen LogP contribution is -2.02. The third-order valence-electron chi connectivity index (χ3n) is 6.39. The van der Waals surface area contributed by atoms with Gasteiger partial charge in [0.05, 0.1) is 11.6 Å². The highest BCUT2D eigenvalue weighted by atomic mass is 15.0. The van der Waals surface area contributed by atoms with Crippen molar-refractivity contribution in [3.8, 4) is 62.5 Å². The second kappa shape index (κ2) is 10.3. The van der Waals surface area contributed by atoms with Crippen LogP contribution < -0.4 is 0 Å². The van der Waals surface area contributed by atoms with Gasteiger partial charge in [-0.05, 0) is 34.4 Å². The normalized spacial score (nSPS) is 10.6. The Balaban J connectivity index is 1.61. The Kier molecular flexibility index (Phi) is 6.24. The van der Waals surface area contributed by atoms with E-state index in [1.807, 2.05) is 91.0 Å². The van der Waals surface area contributed by atoms with Gasteiger partial charge in [-0.25, -0.2) is 15.0 Å². The first-order chi connectivity index (χ1) is 18.8. The van der Waals surface area contributed by atoms with Crippen LogP contribution in [0.5, 0.6) is 0 Å². The maximum atomic E-state index is 9.50. The van der Waals surface area contributed by atoms with Gasteiger partial charge in [0.2, 0.25) is 0 Å². The first-order valence-electron chi connectivity index (χ1n) is 12.4. The van der Waals surface area contributed by atoms with Crippen LogP contribution >= 0.6 is 0 Å². The predicted molar refractivity (Wildman–Crippen MR) is 152 cm³/mol. The van der Waals surface area contributed by atoms with Crippen LogP contribution in [-0.4, -0.2) is 15.0 Å². The van der Waals surface area contributed by atoms with Crippen molar-refractivity contribution in [2.24, 2.45) is 0 Å². The third kappa shape index (κ3) is 4.57. The highest BCUT2D eigenvalue weighted by molar-refractivity contribution is 5.84. The van der Waals surface area contributed by atoms with Crippen LogP contribution in [0.1, 0.15) is 5.56 Å². The second-order valence-corrected chi connectivity index (χ2v) is 8.82. The zero-order chi connectivity index (χ0) is 25.7. The molecule has 0 aliphatic heterocycles. The van der Waals surface area contributed by atoms with Crippen LogP contribution in [-0.2, 0) is 0 Å². The summed E-state index contributed by atoms with van der Waals surface area (Å²) in [6.07, 6.45) is 0. The Bertz CT molecular complexity index is 1670. The summed E-state index contributed by atoms with van der Waals surface area (Å²) in [6.45, 7) is 0. The summed E-state index contributed by atoms with van der Waals surface area (Å²) < 4.78 is 0. The van der Waals surface area contributed by atoms with Gasteiger partial charge >= 0.3 is 0 Å². The van der Waals surface area contributed by atoms with Crippen LogP contribution in [0.2, 0.25) is 0 Å². The molecule has 178 valence electrons. The molecular formula is C34H22N4. The van der Waals surface area contributed by atoms with Crippen molar-refractivity contribution in [2.75, 3.05) is 0 Å². The highest BCUT2D eigenvalue weighted by Gasteiger charge is 2.17. The fraction of sp³-hybridized carbons (Fsp3) is 0. The van der Waals surface area contributed by atoms with Gasteiger partial charge in [0.25, 0.3) is 0 Å². The van der Waals surface area contributed by atoms with E-state index in [9.17, 15) is 5.26 Å². The van der Waals surface area contributed by atoms with Crippen LogP contribution in [0.25, 0.3) is 56.4 Å². The molecule has 1 heterocycles. The highest BCUT2D eigenvalue weighted by Crippen LogP contribution is 2.35. The Labute approximate surface area is 221 Å². The minimum atomic E-state index is 0.521. The average molecular weight is 487 g/mol. The maximum Gasteiger partial charge on any atom is 0.164 e. The third-order valence-corrected chi connectivity index (χ3v) is 6.39. The van der Waals surface area contributed by atoms with Gasteiger partial charge in [-0.3, -0.25) is 0 Å². The zero-order valence-corrected chi connectivity index (χ0v) is 20.5. The Morgan fingerprint density at radius 2 is 0.816 bits per heavy atom. The average Bonchev–Trinajstić information content (AvgIpc) is 3.02. The van der Waals surface area contributed by atoms with E-state index < -0.39 is 0 Å². The number of hydrogen-bond donors (Lipinski definition) is 0.